The van der Waals surface area contributed by atoms with Gasteiger partial charge in [0, 0.05) is 72.6 Å². The van der Waals surface area contributed by atoms with E-state index in [-0.39, 0.29) is 0 Å². The number of nitrogens with zero attached hydrogens (tertiary/aromatic N) is 2. The van der Waals surface area contributed by atoms with Crippen molar-refractivity contribution in [3.05, 3.63) is 96.1 Å². The lowest BCUT2D eigenvalue weighted by atomic mass is 10.1. The molecular weight excluding hydrogens is 813 g/mol. The van der Waals surface area contributed by atoms with E-state index >= 15 is 0 Å². The zero-order valence-corrected chi connectivity index (χ0v) is 38.4. The number of hydrogen-bond donors (Lipinski definition) is 0. The van der Waals surface area contributed by atoms with Crippen molar-refractivity contribution in [3.8, 4) is 21.1 Å². The maximum Gasteiger partial charge on any atom is 0.501 e. The highest BCUT2D eigenvalue weighted by molar-refractivity contribution is 8.76. The van der Waals surface area contributed by atoms with E-state index in [9.17, 15) is 0 Å². The van der Waals surface area contributed by atoms with Crippen molar-refractivity contribution in [1.82, 2.24) is 9.97 Å². The topological polar surface area (TPSA) is 81.2 Å². The monoisotopic (exact) mass is 864 g/mol. The standard InChI is InChI=1S/C42H52N2O6S4Si2/c1-7-45-55(46-8-2,47-9-3)29-27-31-19-17-25-37(39(31)41-43-33-21-13-15-23-35(33)51-41)53-54-38-26-18-20-32(28-30-56(48-10-4,49-11-5)50-12-6)40(38)42-44-34-22-14-16-24-36(34)52-42/h13-26H,7-12,27-30H2,1-6H3. The van der Waals surface area contributed by atoms with Crippen LogP contribution < -0.4 is 0 Å². The molecule has 298 valence electrons. The van der Waals surface area contributed by atoms with Gasteiger partial charge in [0.15, 0.2) is 0 Å². The molecule has 0 unspecified atom stereocenters. The highest BCUT2D eigenvalue weighted by Crippen LogP contribution is 2.49. The summed E-state index contributed by atoms with van der Waals surface area (Å²) < 4.78 is 40.0. The molecule has 8 nitrogen and oxygen atoms in total. The Kier molecular flexibility index (Phi) is 16.2. The molecule has 0 amide bonds. The number of aryl methyl sites for hydroxylation is 2. The minimum Gasteiger partial charge on any atom is -0.374 e. The normalized spacial score (nSPS) is 12.3. The molecule has 0 bridgehead atoms. The van der Waals surface area contributed by atoms with E-state index in [4.69, 9.17) is 36.5 Å². The van der Waals surface area contributed by atoms with Gasteiger partial charge in [0.25, 0.3) is 0 Å². The first-order chi connectivity index (χ1) is 27.4. The molecule has 0 aliphatic rings. The molecule has 0 atom stereocenters. The first-order valence-corrected chi connectivity index (χ1v) is 27.2. The molecule has 0 aliphatic heterocycles. The minimum atomic E-state index is -2.88. The zero-order valence-electron chi connectivity index (χ0n) is 33.1. The number of hydrogen-bond acceptors (Lipinski definition) is 12. The Labute approximate surface area is 349 Å². The second kappa shape index (κ2) is 21.0. The number of thiazole rings is 2. The van der Waals surface area contributed by atoms with E-state index in [1.807, 2.05) is 41.5 Å². The van der Waals surface area contributed by atoms with E-state index in [0.717, 1.165) is 54.8 Å². The summed E-state index contributed by atoms with van der Waals surface area (Å²) in [6, 6.07) is 31.3. The summed E-state index contributed by atoms with van der Waals surface area (Å²) in [5, 5.41) is 2.01. The summed E-state index contributed by atoms with van der Waals surface area (Å²) in [6.07, 6.45) is 1.49. The molecule has 6 rings (SSSR count). The number of rotatable bonds is 23. The molecule has 0 saturated heterocycles. The molecule has 4 aromatic carbocycles. The van der Waals surface area contributed by atoms with E-state index in [1.165, 1.54) is 20.5 Å². The van der Waals surface area contributed by atoms with Gasteiger partial charge in [0.2, 0.25) is 0 Å². The maximum atomic E-state index is 6.28. The van der Waals surface area contributed by atoms with Gasteiger partial charge in [0.05, 0.1) is 20.4 Å². The van der Waals surface area contributed by atoms with E-state index in [1.54, 1.807) is 44.3 Å². The second-order valence-electron chi connectivity index (χ2n) is 12.7. The molecule has 0 N–H and O–H groups in total. The predicted molar refractivity (Wildman–Crippen MR) is 240 cm³/mol. The van der Waals surface area contributed by atoms with Gasteiger partial charge in [-0.2, -0.15) is 0 Å². The van der Waals surface area contributed by atoms with Crippen LogP contribution in [0.2, 0.25) is 12.1 Å². The quantitative estimate of drug-likeness (QED) is 0.0459. The molecule has 0 spiro atoms. The van der Waals surface area contributed by atoms with E-state index in [0.29, 0.717) is 51.7 Å². The molecule has 0 fully saturated rings. The Morgan fingerprint density at radius 2 is 0.821 bits per heavy atom. The predicted octanol–water partition coefficient (Wildman–Crippen LogP) is 12.2. The van der Waals surface area contributed by atoms with Crippen LogP contribution in [0.5, 0.6) is 0 Å². The van der Waals surface area contributed by atoms with E-state index < -0.39 is 17.6 Å². The van der Waals surface area contributed by atoms with Gasteiger partial charge >= 0.3 is 17.6 Å². The van der Waals surface area contributed by atoms with Gasteiger partial charge in [-0.25, -0.2) is 9.97 Å². The summed E-state index contributed by atoms with van der Waals surface area (Å²) in [7, 11) is -2.23. The Bertz CT molecular complexity index is 1910. The highest BCUT2D eigenvalue weighted by atomic mass is 33.1. The highest BCUT2D eigenvalue weighted by Gasteiger charge is 2.41. The fraction of sp³-hybridized carbons (Fsp3) is 0.381. The Morgan fingerprint density at radius 3 is 1.16 bits per heavy atom. The van der Waals surface area contributed by atoms with Crippen molar-refractivity contribution in [3.63, 3.8) is 0 Å². The molecule has 56 heavy (non-hydrogen) atoms. The van der Waals surface area contributed by atoms with Crippen LogP contribution in [0.25, 0.3) is 41.6 Å². The maximum absolute atomic E-state index is 6.28. The molecule has 0 radical (unpaired) electrons. The summed E-state index contributed by atoms with van der Waals surface area (Å²) in [4.78, 5) is 12.7. The second-order valence-corrected chi connectivity index (χ2v) is 22.4. The smallest absolute Gasteiger partial charge is 0.374 e. The lowest BCUT2D eigenvalue weighted by Gasteiger charge is -2.29. The van der Waals surface area contributed by atoms with Gasteiger partial charge in [-0.05, 0) is 102 Å². The average molecular weight is 865 g/mol. The van der Waals surface area contributed by atoms with Crippen LogP contribution in [0.1, 0.15) is 52.7 Å². The van der Waals surface area contributed by atoms with Crippen molar-refractivity contribution >= 4 is 82.3 Å². The zero-order chi connectivity index (χ0) is 39.4. The Balaban J connectivity index is 1.40. The van der Waals surface area contributed by atoms with Gasteiger partial charge in [-0.3, -0.25) is 0 Å². The largest absolute Gasteiger partial charge is 0.501 e. The molecular formula is C42H52N2O6S4Si2. The first-order valence-electron chi connectivity index (χ1n) is 19.5. The van der Waals surface area contributed by atoms with Crippen LogP contribution in [-0.4, -0.2) is 67.2 Å². The molecule has 14 heteroatoms. The molecule has 0 aliphatic carbocycles. The third-order valence-electron chi connectivity index (χ3n) is 9.05. The summed E-state index contributed by atoms with van der Waals surface area (Å²) in [5.41, 5.74) is 6.72. The molecule has 0 saturated carbocycles. The molecule has 2 aromatic heterocycles. The lowest BCUT2D eigenvalue weighted by molar-refractivity contribution is 0.0706. The van der Waals surface area contributed by atoms with Crippen molar-refractivity contribution in [2.45, 2.75) is 76.3 Å². The van der Waals surface area contributed by atoms with Gasteiger partial charge in [-0.15, -0.1) is 22.7 Å². The van der Waals surface area contributed by atoms with Crippen LogP contribution in [0.15, 0.2) is 94.7 Å². The first kappa shape index (κ1) is 43.1. The fourth-order valence-corrected chi connectivity index (χ4v) is 16.7. The summed E-state index contributed by atoms with van der Waals surface area (Å²) in [5.74, 6) is 0. The number of aromatic nitrogens is 2. The van der Waals surface area contributed by atoms with Gasteiger partial charge in [0.1, 0.15) is 10.0 Å². The van der Waals surface area contributed by atoms with Crippen LogP contribution >= 0.6 is 44.3 Å². The van der Waals surface area contributed by atoms with Crippen LogP contribution in [-0.2, 0) is 39.4 Å². The number of fused-ring (bicyclic) bond motifs is 2. The summed E-state index contributed by atoms with van der Waals surface area (Å²) >= 11 is 3.47. The SMILES string of the molecule is CCO[Si](CCc1cccc(SSc2cccc(CC[Si](OCC)(OCC)OCC)c2-c2nc3ccccc3s2)c1-c1nc2ccccc2s1)(OCC)OCC. The van der Waals surface area contributed by atoms with Crippen molar-refractivity contribution < 1.29 is 26.6 Å². The van der Waals surface area contributed by atoms with Crippen molar-refractivity contribution in [2.75, 3.05) is 39.6 Å². The molecule has 2 heterocycles. The van der Waals surface area contributed by atoms with Gasteiger partial charge in [-0.1, -0.05) is 70.1 Å². The van der Waals surface area contributed by atoms with Crippen LogP contribution in [0, 0.1) is 0 Å². The Morgan fingerprint density at radius 1 is 0.464 bits per heavy atom. The third-order valence-corrected chi connectivity index (χ3v) is 19.7. The van der Waals surface area contributed by atoms with E-state index in [2.05, 4.69) is 84.9 Å². The van der Waals surface area contributed by atoms with Crippen LogP contribution in [0.4, 0.5) is 0 Å². The minimum absolute atomic E-state index is 0.547. The average Bonchev–Trinajstić information content (AvgIpc) is 3.84. The third kappa shape index (κ3) is 10.4. The number of para-hydroxylation sites is 2. The number of benzene rings is 4. The fourth-order valence-electron chi connectivity index (χ4n) is 6.82. The van der Waals surface area contributed by atoms with Crippen molar-refractivity contribution in [2.24, 2.45) is 0 Å². The van der Waals surface area contributed by atoms with Gasteiger partial charge < -0.3 is 26.6 Å². The van der Waals surface area contributed by atoms with Crippen LogP contribution in [0.3, 0.4) is 0 Å². The lowest BCUT2D eigenvalue weighted by Crippen LogP contribution is -2.46. The Hall–Kier alpha value is -2.45. The summed E-state index contributed by atoms with van der Waals surface area (Å²) in [6.45, 7) is 15.3. The van der Waals surface area contributed by atoms with Crippen molar-refractivity contribution in [1.29, 1.82) is 0 Å². The molecule has 6 aromatic rings.